The highest BCUT2D eigenvalue weighted by Crippen LogP contribution is 2.34. The highest BCUT2D eigenvalue weighted by Gasteiger charge is 2.08. The van der Waals surface area contributed by atoms with Gasteiger partial charge in [0.1, 0.15) is 17.2 Å². The monoisotopic (exact) mass is 436 g/mol. The Morgan fingerprint density at radius 2 is 1.42 bits per heavy atom. The fraction of sp³-hybridized carbons (Fsp3) is 0.0741. The van der Waals surface area contributed by atoms with Gasteiger partial charge in [-0.1, -0.05) is 66.7 Å². The smallest absolute Gasteiger partial charge is 0.201 e. The van der Waals surface area contributed by atoms with E-state index in [0.29, 0.717) is 17.3 Å². The molecule has 0 atom stereocenters. The van der Waals surface area contributed by atoms with Crippen LogP contribution < -0.4 is 14.9 Å². The predicted octanol–water partition coefficient (Wildman–Crippen LogP) is 6.93. The molecule has 0 fully saturated rings. The van der Waals surface area contributed by atoms with Gasteiger partial charge >= 0.3 is 0 Å². The Morgan fingerprint density at radius 3 is 2.15 bits per heavy atom. The minimum absolute atomic E-state index is 0.457. The van der Waals surface area contributed by atoms with Gasteiger partial charge in [-0.05, 0) is 47.5 Å². The lowest BCUT2D eigenvalue weighted by Crippen LogP contribution is -2.01. The normalized spacial score (nSPS) is 11.4. The maximum Gasteiger partial charge on any atom is 0.201 e. The Labute approximate surface area is 193 Å². The van der Waals surface area contributed by atoms with Crippen molar-refractivity contribution in [1.82, 2.24) is 0 Å². The van der Waals surface area contributed by atoms with Crippen LogP contribution in [0.4, 0.5) is 11.4 Å². The van der Waals surface area contributed by atoms with Crippen LogP contribution in [0.5, 0.6) is 11.5 Å². The van der Waals surface area contributed by atoms with E-state index in [1.165, 1.54) is 0 Å². The van der Waals surface area contributed by atoms with E-state index >= 15 is 0 Å². The molecule has 0 saturated carbocycles. The standard InChI is InChI=1S/C27H24N4O2/c1-32-24-15-9-12-21(18-24)22-16-17-25(26(19-22)33-2)29-31-27(20-10-5-3-6-11-20)30-28-23-13-7-4-8-14-23/h3-19,28H,1-2H3/b30-27+,31-29?. The summed E-state index contributed by atoms with van der Waals surface area (Å²) >= 11 is 0. The van der Waals surface area contributed by atoms with Crippen LogP contribution in [-0.4, -0.2) is 20.1 Å². The van der Waals surface area contributed by atoms with E-state index in [0.717, 1.165) is 28.1 Å². The van der Waals surface area contributed by atoms with Gasteiger partial charge in [0.05, 0.1) is 19.9 Å². The van der Waals surface area contributed by atoms with Gasteiger partial charge in [-0.2, -0.15) is 5.10 Å². The van der Waals surface area contributed by atoms with E-state index in [9.17, 15) is 0 Å². The molecule has 6 heteroatoms. The second kappa shape index (κ2) is 10.7. The molecule has 0 heterocycles. The molecule has 4 rings (SSSR count). The molecule has 0 aliphatic rings. The molecule has 0 unspecified atom stereocenters. The summed E-state index contributed by atoms with van der Waals surface area (Å²) in [5.74, 6) is 1.87. The van der Waals surface area contributed by atoms with Crippen LogP contribution in [0.1, 0.15) is 5.56 Å². The molecule has 0 amide bonds. The third kappa shape index (κ3) is 5.62. The average Bonchev–Trinajstić information content (AvgIpc) is 2.90. The molecule has 6 nitrogen and oxygen atoms in total. The summed E-state index contributed by atoms with van der Waals surface area (Å²) < 4.78 is 10.9. The predicted molar refractivity (Wildman–Crippen MR) is 133 cm³/mol. The molecule has 1 N–H and O–H groups in total. The maximum absolute atomic E-state index is 5.59. The first kappa shape index (κ1) is 21.8. The number of para-hydroxylation sites is 1. The number of nitrogens with one attached hydrogen (secondary N) is 1. The molecule has 0 bridgehead atoms. The Hall–Kier alpha value is -4.45. The van der Waals surface area contributed by atoms with Crippen LogP contribution in [0.25, 0.3) is 11.1 Å². The quantitative estimate of drug-likeness (QED) is 0.148. The van der Waals surface area contributed by atoms with Crippen molar-refractivity contribution in [1.29, 1.82) is 0 Å². The van der Waals surface area contributed by atoms with Crippen LogP contribution in [0.3, 0.4) is 0 Å². The molecule has 0 spiro atoms. The first-order valence-corrected chi connectivity index (χ1v) is 10.4. The van der Waals surface area contributed by atoms with Gasteiger partial charge in [0.25, 0.3) is 0 Å². The largest absolute Gasteiger partial charge is 0.497 e. The lowest BCUT2D eigenvalue weighted by atomic mass is 10.0. The summed E-state index contributed by atoms with van der Waals surface area (Å²) in [6.45, 7) is 0. The molecule has 164 valence electrons. The molecular formula is C27H24N4O2. The first-order chi connectivity index (χ1) is 16.3. The summed E-state index contributed by atoms with van der Waals surface area (Å²) in [6.07, 6.45) is 0. The molecule has 4 aromatic rings. The molecule has 33 heavy (non-hydrogen) atoms. The van der Waals surface area contributed by atoms with Gasteiger partial charge in [-0.15, -0.1) is 10.2 Å². The van der Waals surface area contributed by atoms with Gasteiger partial charge in [-0.25, -0.2) is 0 Å². The Kier molecular flexibility index (Phi) is 7.08. The van der Waals surface area contributed by atoms with Crippen LogP contribution >= 0.6 is 0 Å². The summed E-state index contributed by atoms with van der Waals surface area (Å²) in [7, 11) is 3.27. The van der Waals surface area contributed by atoms with Crippen LogP contribution in [0.15, 0.2) is 118 Å². The number of ether oxygens (including phenoxy) is 2. The topological polar surface area (TPSA) is 67.6 Å². The number of azo groups is 1. The highest BCUT2D eigenvalue weighted by molar-refractivity contribution is 5.99. The van der Waals surface area contributed by atoms with Gasteiger partial charge in [0, 0.05) is 5.56 Å². The van der Waals surface area contributed by atoms with Crippen molar-refractivity contribution in [2.24, 2.45) is 15.3 Å². The summed E-state index contributed by atoms with van der Waals surface area (Å²) in [4.78, 5) is 0. The number of anilines is 1. The molecular weight excluding hydrogens is 412 g/mol. The number of benzene rings is 4. The van der Waals surface area contributed by atoms with E-state index in [1.54, 1.807) is 14.2 Å². The Morgan fingerprint density at radius 1 is 0.697 bits per heavy atom. The first-order valence-electron chi connectivity index (χ1n) is 10.4. The SMILES string of the molecule is COc1cccc(-c2ccc(N=N/C(=N/Nc3ccccc3)c3ccccc3)c(OC)c2)c1. The van der Waals surface area contributed by atoms with Gasteiger partial charge in [-0.3, -0.25) is 5.43 Å². The van der Waals surface area contributed by atoms with Crippen molar-refractivity contribution in [2.75, 3.05) is 19.6 Å². The van der Waals surface area contributed by atoms with Crippen LogP contribution in [0.2, 0.25) is 0 Å². The van der Waals surface area contributed by atoms with Crippen molar-refractivity contribution in [3.05, 3.63) is 109 Å². The highest BCUT2D eigenvalue weighted by atomic mass is 16.5. The number of hydrogen-bond donors (Lipinski definition) is 1. The zero-order chi connectivity index (χ0) is 22.9. The third-order valence-corrected chi connectivity index (χ3v) is 4.93. The van der Waals surface area contributed by atoms with Crippen molar-refractivity contribution in [2.45, 2.75) is 0 Å². The molecule has 0 saturated heterocycles. The van der Waals surface area contributed by atoms with Crippen molar-refractivity contribution >= 4 is 17.2 Å². The van der Waals surface area contributed by atoms with Crippen molar-refractivity contribution in [3.63, 3.8) is 0 Å². The lowest BCUT2D eigenvalue weighted by molar-refractivity contribution is 0.414. The van der Waals surface area contributed by atoms with E-state index in [1.807, 2.05) is 103 Å². The number of amidine groups is 1. The molecule has 0 aromatic heterocycles. The molecule has 4 aromatic carbocycles. The Balaban J connectivity index is 1.64. The third-order valence-electron chi connectivity index (χ3n) is 4.93. The van der Waals surface area contributed by atoms with Gasteiger partial charge in [0.15, 0.2) is 0 Å². The van der Waals surface area contributed by atoms with Crippen LogP contribution in [-0.2, 0) is 0 Å². The summed E-state index contributed by atoms with van der Waals surface area (Å²) in [5, 5.41) is 13.3. The van der Waals surface area contributed by atoms with Crippen molar-refractivity contribution < 1.29 is 9.47 Å². The Bertz CT molecular complexity index is 1260. The number of hydrazone groups is 1. The summed E-state index contributed by atoms with van der Waals surface area (Å²) in [5.41, 5.74) is 7.37. The average molecular weight is 437 g/mol. The van der Waals surface area contributed by atoms with E-state index in [-0.39, 0.29) is 0 Å². The molecule has 0 radical (unpaired) electrons. The van der Waals surface area contributed by atoms with E-state index in [2.05, 4.69) is 20.8 Å². The minimum atomic E-state index is 0.457. The molecule has 0 aliphatic carbocycles. The second-order valence-corrected chi connectivity index (χ2v) is 7.10. The lowest BCUT2D eigenvalue weighted by Gasteiger charge is -2.09. The van der Waals surface area contributed by atoms with E-state index in [4.69, 9.17) is 9.47 Å². The second-order valence-electron chi connectivity index (χ2n) is 7.10. The maximum atomic E-state index is 5.59. The zero-order valence-electron chi connectivity index (χ0n) is 18.5. The van der Waals surface area contributed by atoms with E-state index < -0.39 is 0 Å². The zero-order valence-corrected chi connectivity index (χ0v) is 18.5. The van der Waals surface area contributed by atoms with Crippen LogP contribution in [0, 0.1) is 0 Å². The number of nitrogens with zero attached hydrogens (tertiary/aromatic N) is 3. The minimum Gasteiger partial charge on any atom is -0.497 e. The van der Waals surface area contributed by atoms with Gasteiger partial charge < -0.3 is 9.47 Å². The van der Waals surface area contributed by atoms with Crippen molar-refractivity contribution in [3.8, 4) is 22.6 Å². The van der Waals surface area contributed by atoms with Gasteiger partial charge in [0.2, 0.25) is 5.84 Å². The number of hydrogen-bond acceptors (Lipinski definition) is 5. The fourth-order valence-corrected chi connectivity index (χ4v) is 3.21. The number of rotatable bonds is 7. The molecule has 0 aliphatic heterocycles. The fourth-order valence-electron chi connectivity index (χ4n) is 3.21. The summed E-state index contributed by atoms with van der Waals surface area (Å²) in [6, 6.07) is 33.1. The number of methoxy groups -OCH3 is 2.